The van der Waals surface area contributed by atoms with Crippen LogP contribution in [0.25, 0.3) is 0 Å². The fraction of sp³-hybridized carbons (Fsp3) is 0.783. The number of aromatic nitrogens is 2. The highest BCUT2D eigenvalue weighted by molar-refractivity contribution is 5.97. The standard InChI is InChI=1S/C23H33F2N3O4/c1-3-9-32-21(30)15-5-6-23(24,25)18(12-15)28-17-13-22(7-10-31-11-8-22)14-26-20(29)19(17)16(4-2)27-28/h15,18H,3-14H2,1-2H3,(H,26,29). The molecule has 7 nitrogen and oxygen atoms in total. The average Bonchev–Trinajstić information content (AvgIpc) is 3.07. The first-order valence-electron chi connectivity index (χ1n) is 11.8. The van der Waals surface area contributed by atoms with Crippen molar-refractivity contribution in [2.45, 2.75) is 77.2 Å². The molecule has 0 aromatic carbocycles. The second kappa shape index (κ2) is 9.08. The molecule has 1 aliphatic carbocycles. The zero-order chi connectivity index (χ0) is 22.9. The van der Waals surface area contributed by atoms with Crippen molar-refractivity contribution in [2.24, 2.45) is 11.3 Å². The Hall–Kier alpha value is -2.03. The Bertz CT molecular complexity index is 864. The van der Waals surface area contributed by atoms with E-state index in [4.69, 9.17) is 9.47 Å². The van der Waals surface area contributed by atoms with Gasteiger partial charge >= 0.3 is 5.97 Å². The molecule has 32 heavy (non-hydrogen) atoms. The van der Waals surface area contributed by atoms with E-state index in [0.29, 0.717) is 56.0 Å². The van der Waals surface area contributed by atoms with Crippen molar-refractivity contribution >= 4 is 11.9 Å². The van der Waals surface area contributed by atoms with Crippen LogP contribution in [0.2, 0.25) is 0 Å². The highest BCUT2D eigenvalue weighted by Crippen LogP contribution is 2.47. The Labute approximate surface area is 187 Å². The molecule has 2 atom stereocenters. The van der Waals surface area contributed by atoms with Gasteiger partial charge in [-0.05, 0) is 50.4 Å². The van der Waals surface area contributed by atoms with E-state index in [9.17, 15) is 9.59 Å². The van der Waals surface area contributed by atoms with Crippen LogP contribution < -0.4 is 5.32 Å². The minimum atomic E-state index is -3.02. The normalized spacial score (nSPS) is 26.8. The number of carbonyl (C=O) groups excluding carboxylic acids is 2. The van der Waals surface area contributed by atoms with Crippen molar-refractivity contribution in [1.29, 1.82) is 0 Å². The lowest BCUT2D eigenvalue weighted by Crippen LogP contribution is -2.42. The Kier molecular flexibility index (Phi) is 6.56. The molecule has 1 N–H and O–H groups in total. The quantitative estimate of drug-likeness (QED) is 0.691. The van der Waals surface area contributed by atoms with Gasteiger partial charge in [0.05, 0.1) is 29.5 Å². The topological polar surface area (TPSA) is 82.5 Å². The number of amides is 1. The number of nitrogens with one attached hydrogen (secondary N) is 1. The number of hydrogen-bond acceptors (Lipinski definition) is 5. The molecule has 3 aliphatic rings. The summed E-state index contributed by atoms with van der Waals surface area (Å²) in [6, 6.07) is -1.27. The maximum Gasteiger partial charge on any atom is 0.309 e. The number of fused-ring (bicyclic) bond motifs is 1. The Morgan fingerprint density at radius 2 is 2.03 bits per heavy atom. The molecule has 1 saturated heterocycles. The number of esters is 1. The molecule has 0 radical (unpaired) electrons. The molecular weight excluding hydrogens is 420 g/mol. The van der Waals surface area contributed by atoms with Gasteiger partial charge in [0.15, 0.2) is 0 Å². The van der Waals surface area contributed by atoms with Gasteiger partial charge in [-0.1, -0.05) is 13.8 Å². The number of carbonyl (C=O) groups is 2. The molecule has 1 saturated carbocycles. The fourth-order valence-electron chi connectivity index (χ4n) is 5.30. The minimum Gasteiger partial charge on any atom is -0.465 e. The molecule has 2 fully saturated rings. The third-order valence-electron chi connectivity index (χ3n) is 7.26. The van der Waals surface area contributed by atoms with E-state index in [1.807, 2.05) is 13.8 Å². The molecule has 1 spiro atoms. The average molecular weight is 454 g/mol. The summed E-state index contributed by atoms with van der Waals surface area (Å²) in [5.74, 6) is -4.27. The lowest BCUT2D eigenvalue weighted by Gasteiger charge is -2.38. The van der Waals surface area contributed by atoms with Gasteiger partial charge in [-0.3, -0.25) is 14.3 Å². The van der Waals surface area contributed by atoms with Crippen molar-refractivity contribution < 1.29 is 27.8 Å². The second-order valence-corrected chi connectivity index (χ2v) is 9.45. The second-order valence-electron chi connectivity index (χ2n) is 9.45. The maximum atomic E-state index is 15.2. The van der Waals surface area contributed by atoms with Crippen molar-refractivity contribution in [2.75, 3.05) is 26.4 Å². The summed E-state index contributed by atoms with van der Waals surface area (Å²) in [6.07, 6.45) is 2.83. The zero-order valence-electron chi connectivity index (χ0n) is 18.9. The molecule has 1 aromatic rings. The molecule has 2 aliphatic heterocycles. The SMILES string of the molecule is CCCOC(=O)C1CCC(F)(F)C(n2nc(CC)c3c2CC2(CCOCC2)CNC3=O)C1. The summed E-state index contributed by atoms with van der Waals surface area (Å²) in [7, 11) is 0. The lowest BCUT2D eigenvalue weighted by molar-refractivity contribution is -0.156. The van der Waals surface area contributed by atoms with Crippen LogP contribution in [0.15, 0.2) is 0 Å². The highest BCUT2D eigenvalue weighted by atomic mass is 19.3. The smallest absolute Gasteiger partial charge is 0.309 e. The molecule has 1 aromatic heterocycles. The minimum absolute atomic E-state index is 0.0372. The van der Waals surface area contributed by atoms with Gasteiger partial charge in [0.2, 0.25) is 0 Å². The Morgan fingerprint density at radius 1 is 1.28 bits per heavy atom. The monoisotopic (exact) mass is 453 g/mol. The summed E-state index contributed by atoms with van der Waals surface area (Å²) >= 11 is 0. The van der Waals surface area contributed by atoms with Crippen LogP contribution in [0.4, 0.5) is 8.78 Å². The van der Waals surface area contributed by atoms with E-state index >= 15 is 8.78 Å². The van der Waals surface area contributed by atoms with Crippen LogP contribution in [-0.4, -0.2) is 53.9 Å². The fourth-order valence-corrected chi connectivity index (χ4v) is 5.30. The summed E-state index contributed by atoms with van der Waals surface area (Å²) in [5.41, 5.74) is 1.31. The molecule has 178 valence electrons. The van der Waals surface area contributed by atoms with Crippen molar-refractivity contribution in [3.8, 4) is 0 Å². The number of nitrogens with zero attached hydrogens (tertiary/aromatic N) is 2. The number of rotatable bonds is 5. The third-order valence-corrected chi connectivity index (χ3v) is 7.26. The number of ether oxygens (including phenoxy) is 2. The predicted octanol–water partition coefficient (Wildman–Crippen LogP) is 3.46. The summed E-state index contributed by atoms with van der Waals surface area (Å²) in [6.45, 7) is 5.74. The van der Waals surface area contributed by atoms with E-state index in [0.717, 1.165) is 12.8 Å². The van der Waals surface area contributed by atoms with E-state index in [2.05, 4.69) is 10.4 Å². The van der Waals surface area contributed by atoms with Gasteiger partial charge in [0, 0.05) is 26.2 Å². The number of aryl methyl sites for hydroxylation is 1. The van der Waals surface area contributed by atoms with E-state index in [1.165, 1.54) is 4.68 Å². The van der Waals surface area contributed by atoms with Crippen LogP contribution in [0.3, 0.4) is 0 Å². The first-order valence-corrected chi connectivity index (χ1v) is 11.8. The van der Waals surface area contributed by atoms with Crippen molar-refractivity contribution in [1.82, 2.24) is 15.1 Å². The van der Waals surface area contributed by atoms with Crippen molar-refractivity contribution in [3.05, 3.63) is 17.0 Å². The van der Waals surface area contributed by atoms with Gasteiger partial charge in [0.25, 0.3) is 11.8 Å². The molecule has 4 rings (SSSR count). The van der Waals surface area contributed by atoms with Gasteiger partial charge in [-0.15, -0.1) is 0 Å². The number of alkyl halides is 2. The number of halogens is 2. The number of hydrogen-bond donors (Lipinski definition) is 1. The zero-order valence-corrected chi connectivity index (χ0v) is 18.9. The van der Waals surface area contributed by atoms with E-state index in [-0.39, 0.29) is 30.8 Å². The molecule has 3 heterocycles. The van der Waals surface area contributed by atoms with Crippen LogP contribution in [0, 0.1) is 11.3 Å². The van der Waals surface area contributed by atoms with Crippen LogP contribution >= 0.6 is 0 Å². The largest absolute Gasteiger partial charge is 0.465 e. The predicted molar refractivity (Wildman–Crippen MR) is 113 cm³/mol. The third kappa shape index (κ3) is 4.28. The lowest BCUT2D eigenvalue weighted by atomic mass is 9.76. The maximum absolute atomic E-state index is 15.2. The summed E-state index contributed by atoms with van der Waals surface area (Å²) in [4.78, 5) is 25.5. The van der Waals surface area contributed by atoms with E-state index < -0.39 is 30.3 Å². The molecule has 1 amide bonds. The van der Waals surface area contributed by atoms with Crippen molar-refractivity contribution in [3.63, 3.8) is 0 Å². The summed E-state index contributed by atoms with van der Waals surface area (Å²) < 4.78 is 42.6. The summed E-state index contributed by atoms with van der Waals surface area (Å²) in [5, 5.41) is 7.56. The molecule has 2 unspecified atom stereocenters. The first-order chi connectivity index (χ1) is 15.3. The molecule has 0 bridgehead atoms. The van der Waals surface area contributed by atoms with Gasteiger partial charge in [-0.25, -0.2) is 8.78 Å². The van der Waals surface area contributed by atoms with Gasteiger partial charge in [-0.2, -0.15) is 5.10 Å². The molecule has 9 heteroatoms. The highest BCUT2D eigenvalue weighted by Gasteiger charge is 2.50. The van der Waals surface area contributed by atoms with Crippen LogP contribution in [0.1, 0.15) is 80.2 Å². The Morgan fingerprint density at radius 3 is 2.72 bits per heavy atom. The molecular formula is C23H33F2N3O4. The van der Waals surface area contributed by atoms with Crippen LogP contribution in [-0.2, 0) is 27.1 Å². The van der Waals surface area contributed by atoms with E-state index in [1.54, 1.807) is 0 Å². The van der Waals surface area contributed by atoms with Gasteiger partial charge in [0.1, 0.15) is 6.04 Å². The van der Waals surface area contributed by atoms with Crippen LogP contribution in [0.5, 0.6) is 0 Å². The first kappa shape index (κ1) is 23.1. The van der Waals surface area contributed by atoms with Gasteiger partial charge < -0.3 is 14.8 Å². The Balaban J connectivity index is 1.72.